The third-order valence-electron chi connectivity index (χ3n) is 6.06. The van der Waals surface area contributed by atoms with Gasteiger partial charge in [0, 0.05) is 17.0 Å². The van der Waals surface area contributed by atoms with Crippen LogP contribution in [0.3, 0.4) is 0 Å². The first kappa shape index (κ1) is 22.6. The predicted octanol–water partition coefficient (Wildman–Crippen LogP) is 5.45. The van der Waals surface area contributed by atoms with E-state index >= 15 is 0 Å². The maximum absolute atomic E-state index is 12.7. The highest BCUT2D eigenvalue weighted by molar-refractivity contribution is 7.99. The van der Waals surface area contributed by atoms with Gasteiger partial charge in [0.2, 0.25) is 5.91 Å². The Hall–Kier alpha value is -2.63. The monoisotopic (exact) mass is 465 g/mol. The van der Waals surface area contributed by atoms with E-state index < -0.39 is 0 Å². The molecule has 0 saturated heterocycles. The van der Waals surface area contributed by atoms with E-state index in [1.54, 1.807) is 11.3 Å². The molecular formula is C24H27N5OS2. The van der Waals surface area contributed by atoms with Crippen LogP contribution in [0.15, 0.2) is 29.4 Å². The van der Waals surface area contributed by atoms with Gasteiger partial charge in [-0.15, -0.1) is 21.5 Å². The van der Waals surface area contributed by atoms with Gasteiger partial charge in [0.15, 0.2) is 11.0 Å². The minimum Gasteiger partial charge on any atom is -0.316 e. The molecule has 2 heterocycles. The molecule has 2 aromatic heterocycles. The van der Waals surface area contributed by atoms with Gasteiger partial charge < -0.3 is 9.88 Å². The Morgan fingerprint density at radius 1 is 1.34 bits per heavy atom. The van der Waals surface area contributed by atoms with Gasteiger partial charge in [0.25, 0.3) is 0 Å². The summed E-state index contributed by atoms with van der Waals surface area (Å²) in [5.74, 6) is 1.59. The molecule has 0 aliphatic heterocycles. The fourth-order valence-corrected chi connectivity index (χ4v) is 6.34. The van der Waals surface area contributed by atoms with Gasteiger partial charge in [0.1, 0.15) is 11.1 Å². The molecule has 8 heteroatoms. The van der Waals surface area contributed by atoms with Gasteiger partial charge in [-0.3, -0.25) is 4.79 Å². The molecule has 6 nitrogen and oxygen atoms in total. The highest BCUT2D eigenvalue weighted by atomic mass is 32.2. The van der Waals surface area contributed by atoms with Crippen molar-refractivity contribution in [3.8, 4) is 17.5 Å². The topological polar surface area (TPSA) is 83.6 Å². The highest BCUT2D eigenvalue weighted by Crippen LogP contribution is 2.40. The largest absolute Gasteiger partial charge is 0.316 e. The number of carbonyl (C=O) groups excluding carboxylic acids is 1. The van der Waals surface area contributed by atoms with Gasteiger partial charge in [-0.2, -0.15) is 5.26 Å². The first-order valence-electron chi connectivity index (χ1n) is 11.0. The van der Waals surface area contributed by atoms with E-state index in [0.717, 1.165) is 59.9 Å². The number of aryl methyl sites for hydroxylation is 1. The number of nitrogens with one attached hydrogen (secondary N) is 1. The van der Waals surface area contributed by atoms with Crippen molar-refractivity contribution in [3.05, 3.63) is 45.8 Å². The first-order chi connectivity index (χ1) is 15.5. The van der Waals surface area contributed by atoms with Crippen LogP contribution in [0.2, 0.25) is 0 Å². The number of rotatable bonds is 7. The normalized spacial score (nSPS) is 15.2. The van der Waals surface area contributed by atoms with Crippen molar-refractivity contribution in [2.45, 2.75) is 58.2 Å². The Labute approximate surface area is 197 Å². The van der Waals surface area contributed by atoms with Crippen LogP contribution < -0.4 is 5.32 Å². The standard InChI is InChI=1S/C24H27N5OS2/c1-4-16-10-11-18-19(13-25)23(32-20(18)12-16)26-21(30)14-31-24-28-27-22(29(24)5-2)17-9-7-6-8-15(17)3/h6-9,16H,4-5,10-12,14H2,1-3H3,(H,26,30). The van der Waals surface area contributed by atoms with Crippen molar-refractivity contribution in [2.24, 2.45) is 5.92 Å². The van der Waals surface area contributed by atoms with E-state index in [9.17, 15) is 10.1 Å². The van der Waals surface area contributed by atoms with E-state index in [4.69, 9.17) is 0 Å². The Morgan fingerprint density at radius 2 is 2.16 bits per heavy atom. The van der Waals surface area contributed by atoms with Gasteiger partial charge in [-0.05, 0) is 50.2 Å². The summed E-state index contributed by atoms with van der Waals surface area (Å²) in [6, 6.07) is 10.4. The Balaban J connectivity index is 1.46. The first-order valence-corrected chi connectivity index (χ1v) is 12.8. The lowest BCUT2D eigenvalue weighted by atomic mass is 9.86. The lowest BCUT2D eigenvalue weighted by molar-refractivity contribution is -0.113. The van der Waals surface area contributed by atoms with Gasteiger partial charge in [-0.25, -0.2) is 0 Å². The van der Waals surface area contributed by atoms with Gasteiger partial charge >= 0.3 is 0 Å². The third kappa shape index (κ3) is 4.45. The van der Waals surface area contributed by atoms with Crippen LogP contribution in [0.4, 0.5) is 5.00 Å². The summed E-state index contributed by atoms with van der Waals surface area (Å²) < 4.78 is 2.04. The molecular weight excluding hydrogens is 438 g/mol. The molecule has 1 amide bonds. The van der Waals surface area contributed by atoms with Crippen molar-refractivity contribution in [1.29, 1.82) is 5.26 Å². The number of amides is 1. The van der Waals surface area contributed by atoms with E-state index in [1.165, 1.54) is 16.6 Å². The number of hydrogen-bond acceptors (Lipinski definition) is 6. The molecule has 0 saturated carbocycles. The number of hydrogen-bond donors (Lipinski definition) is 1. The Bertz CT molecular complexity index is 1170. The predicted molar refractivity (Wildman–Crippen MR) is 130 cm³/mol. The molecule has 0 radical (unpaired) electrons. The van der Waals surface area contributed by atoms with Crippen LogP contribution in [0.5, 0.6) is 0 Å². The lowest BCUT2D eigenvalue weighted by Gasteiger charge is -2.20. The number of nitriles is 1. The molecule has 1 aliphatic rings. The average molecular weight is 466 g/mol. The molecule has 3 aromatic rings. The SMILES string of the molecule is CCC1CCc2c(sc(NC(=O)CSc3nnc(-c4ccccc4C)n3CC)c2C#N)C1. The second kappa shape index (κ2) is 9.88. The van der Waals surface area contributed by atoms with E-state index in [-0.39, 0.29) is 11.7 Å². The van der Waals surface area contributed by atoms with Crippen molar-refractivity contribution >= 4 is 34.0 Å². The number of thioether (sulfide) groups is 1. The van der Waals surface area contributed by atoms with Crippen LogP contribution in [-0.2, 0) is 24.2 Å². The molecule has 1 aliphatic carbocycles. The fraction of sp³-hybridized carbons (Fsp3) is 0.417. The van der Waals surface area contributed by atoms with Crippen molar-refractivity contribution in [2.75, 3.05) is 11.1 Å². The number of anilines is 1. The molecule has 1 aromatic carbocycles. The number of fused-ring (bicyclic) bond motifs is 1. The molecule has 4 rings (SSSR count). The second-order valence-corrected chi connectivity index (χ2v) is 10.1. The summed E-state index contributed by atoms with van der Waals surface area (Å²) in [5, 5.41) is 22.8. The molecule has 0 bridgehead atoms. The number of aromatic nitrogens is 3. The van der Waals surface area contributed by atoms with Gasteiger partial charge in [-0.1, -0.05) is 49.4 Å². The molecule has 0 fully saturated rings. The molecule has 1 N–H and O–H groups in total. The zero-order chi connectivity index (χ0) is 22.7. The summed E-state index contributed by atoms with van der Waals surface area (Å²) in [6.07, 6.45) is 4.21. The van der Waals surface area contributed by atoms with Crippen molar-refractivity contribution < 1.29 is 4.79 Å². The minimum atomic E-state index is -0.125. The lowest BCUT2D eigenvalue weighted by Crippen LogP contribution is -2.15. The summed E-state index contributed by atoms with van der Waals surface area (Å²) in [7, 11) is 0. The Morgan fingerprint density at radius 3 is 2.88 bits per heavy atom. The van der Waals surface area contributed by atoms with E-state index in [0.29, 0.717) is 16.5 Å². The van der Waals surface area contributed by atoms with E-state index in [2.05, 4.69) is 41.5 Å². The summed E-state index contributed by atoms with van der Waals surface area (Å²) in [4.78, 5) is 14.0. The molecule has 166 valence electrons. The number of benzene rings is 1. The molecule has 1 atom stereocenters. The fourth-order valence-electron chi connectivity index (χ4n) is 4.21. The maximum atomic E-state index is 12.7. The summed E-state index contributed by atoms with van der Waals surface area (Å²) >= 11 is 2.94. The van der Waals surface area contributed by atoms with Crippen molar-refractivity contribution in [3.63, 3.8) is 0 Å². The quantitative estimate of drug-likeness (QED) is 0.469. The summed E-state index contributed by atoms with van der Waals surface area (Å²) in [6.45, 7) is 7.04. The average Bonchev–Trinajstić information content (AvgIpc) is 3.37. The third-order valence-corrected chi connectivity index (χ3v) is 8.20. The Kier molecular flexibility index (Phi) is 6.97. The van der Waals surface area contributed by atoms with Crippen LogP contribution in [0.1, 0.15) is 48.3 Å². The zero-order valence-corrected chi connectivity index (χ0v) is 20.3. The van der Waals surface area contributed by atoms with Crippen LogP contribution >= 0.6 is 23.1 Å². The molecule has 32 heavy (non-hydrogen) atoms. The van der Waals surface area contributed by atoms with E-state index in [1.807, 2.05) is 29.7 Å². The second-order valence-electron chi connectivity index (χ2n) is 8.04. The summed E-state index contributed by atoms with van der Waals surface area (Å²) in [5.41, 5.74) is 3.97. The van der Waals surface area contributed by atoms with Crippen LogP contribution in [-0.4, -0.2) is 26.4 Å². The smallest absolute Gasteiger partial charge is 0.235 e. The molecule has 1 unspecified atom stereocenters. The van der Waals surface area contributed by atoms with Gasteiger partial charge in [0.05, 0.1) is 11.3 Å². The highest BCUT2D eigenvalue weighted by Gasteiger charge is 2.26. The number of thiophene rings is 1. The van der Waals surface area contributed by atoms with Crippen LogP contribution in [0.25, 0.3) is 11.4 Å². The zero-order valence-electron chi connectivity index (χ0n) is 18.6. The maximum Gasteiger partial charge on any atom is 0.235 e. The minimum absolute atomic E-state index is 0.125. The number of nitrogens with zero attached hydrogens (tertiary/aromatic N) is 4. The van der Waals surface area contributed by atoms with Crippen LogP contribution in [0, 0.1) is 24.2 Å². The number of carbonyl (C=O) groups is 1. The molecule has 0 spiro atoms. The van der Waals surface area contributed by atoms with Crippen molar-refractivity contribution in [1.82, 2.24) is 14.8 Å².